The minimum Gasteiger partial charge on any atom is -0.309 e. The summed E-state index contributed by atoms with van der Waals surface area (Å²) in [6.45, 7) is 18.2. The third-order valence-electron chi connectivity index (χ3n) is 13.6. The highest BCUT2D eigenvalue weighted by atomic mass is 15.2. The summed E-state index contributed by atoms with van der Waals surface area (Å²) in [6.07, 6.45) is 9.06. The molecule has 312 valence electrons. The summed E-state index contributed by atoms with van der Waals surface area (Å²) in [5, 5.41) is 5.17. The van der Waals surface area contributed by atoms with Crippen molar-refractivity contribution in [2.45, 2.75) is 107 Å². The number of hydrogen-bond donors (Lipinski definition) is 0. The lowest BCUT2D eigenvalue weighted by molar-refractivity contribution is 0.794. The van der Waals surface area contributed by atoms with Crippen LogP contribution in [-0.4, -0.2) is 0 Å². The maximum absolute atomic E-state index is 2.55. The smallest absolute Gasteiger partial charge is 0.0540 e. The average Bonchev–Trinajstić information content (AvgIpc) is 3.28. The van der Waals surface area contributed by atoms with Crippen molar-refractivity contribution in [1.82, 2.24) is 0 Å². The molecule has 0 saturated heterocycles. The molecular formula is C60H62N2. The van der Waals surface area contributed by atoms with Gasteiger partial charge in [0.25, 0.3) is 0 Å². The minimum atomic E-state index is 0.994. The second-order valence-corrected chi connectivity index (χ2v) is 18.1. The van der Waals surface area contributed by atoms with Crippen LogP contribution in [0, 0.1) is 41.5 Å². The maximum Gasteiger partial charge on any atom is 0.0540 e. The summed E-state index contributed by atoms with van der Waals surface area (Å²) < 4.78 is 0. The molecule has 0 unspecified atom stereocenters. The summed E-state index contributed by atoms with van der Waals surface area (Å²) in [5.74, 6) is 0. The van der Waals surface area contributed by atoms with Gasteiger partial charge in [-0.2, -0.15) is 0 Å². The van der Waals surface area contributed by atoms with E-state index in [4.69, 9.17) is 0 Å². The molecule has 0 saturated carbocycles. The van der Waals surface area contributed by atoms with E-state index in [1.165, 1.54) is 148 Å². The fourth-order valence-corrected chi connectivity index (χ4v) is 10.5. The molecule has 0 heterocycles. The van der Waals surface area contributed by atoms with Crippen LogP contribution in [0.3, 0.4) is 0 Å². The molecule has 8 aromatic rings. The van der Waals surface area contributed by atoms with Gasteiger partial charge in [0, 0.05) is 22.1 Å². The molecule has 0 bridgehead atoms. The van der Waals surface area contributed by atoms with Crippen molar-refractivity contribution in [3.63, 3.8) is 0 Å². The van der Waals surface area contributed by atoms with Crippen molar-refractivity contribution in [2.75, 3.05) is 9.80 Å². The van der Waals surface area contributed by atoms with E-state index in [2.05, 4.69) is 199 Å². The zero-order chi connectivity index (χ0) is 43.1. The van der Waals surface area contributed by atoms with Crippen molar-refractivity contribution in [3.05, 3.63) is 189 Å². The fraction of sp³-hybridized carbons (Fsp3) is 0.267. The fourth-order valence-electron chi connectivity index (χ4n) is 10.5. The molecule has 62 heavy (non-hydrogen) atoms. The molecule has 0 aromatic heterocycles. The number of hydrogen-bond acceptors (Lipinski definition) is 2. The van der Waals surface area contributed by atoms with Gasteiger partial charge < -0.3 is 9.80 Å². The Bertz CT molecular complexity index is 2720. The second-order valence-electron chi connectivity index (χ2n) is 18.1. The highest BCUT2D eigenvalue weighted by Gasteiger charge is 2.26. The molecule has 0 radical (unpaired) electrons. The third-order valence-corrected chi connectivity index (χ3v) is 13.6. The summed E-state index contributed by atoms with van der Waals surface area (Å²) in [6, 6.07) is 51.3. The zero-order valence-electron chi connectivity index (χ0n) is 38.3. The standard InChI is InChI=1S/C60H62N2/c1-9-11-17-45-33-41(5)59(42(6)34-45)61(57-31-23-39(3)51-19-13-15-21-55(51)57)49-27-29-53-47(37-49)25-26-48-38-50(28-30-54(48)53)62(58-32-24-40(4)52-20-14-16-22-56(52)58)60-43(7)35-46(18-12-10-2)36-44(60)8/h13-16,19-24,27-38H,9-12,17-18,25-26H2,1-8H3. The highest BCUT2D eigenvalue weighted by Crippen LogP contribution is 2.48. The number of benzene rings is 8. The van der Waals surface area contributed by atoms with Crippen LogP contribution in [0.5, 0.6) is 0 Å². The second kappa shape index (κ2) is 17.3. The zero-order valence-corrected chi connectivity index (χ0v) is 38.3. The summed E-state index contributed by atoms with van der Waals surface area (Å²) in [7, 11) is 0. The van der Waals surface area contributed by atoms with Gasteiger partial charge in [-0.1, -0.05) is 124 Å². The number of nitrogens with zero attached hydrogens (tertiary/aromatic N) is 2. The van der Waals surface area contributed by atoms with Crippen LogP contribution >= 0.6 is 0 Å². The first kappa shape index (κ1) is 41.2. The van der Waals surface area contributed by atoms with E-state index in [1.807, 2.05) is 0 Å². The first-order chi connectivity index (χ1) is 30.1. The van der Waals surface area contributed by atoms with Crippen LogP contribution in [-0.2, 0) is 25.7 Å². The molecular weight excluding hydrogens is 749 g/mol. The van der Waals surface area contributed by atoms with E-state index in [-0.39, 0.29) is 0 Å². The van der Waals surface area contributed by atoms with Gasteiger partial charge in [-0.15, -0.1) is 0 Å². The average molecular weight is 811 g/mol. The van der Waals surface area contributed by atoms with Crippen LogP contribution in [0.2, 0.25) is 0 Å². The van der Waals surface area contributed by atoms with Gasteiger partial charge in [0.1, 0.15) is 0 Å². The lowest BCUT2D eigenvalue weighted by atomic mass is 9.84. The van der Waals surface area contributed by atoms with Crippen molar-refractivity contribution < 1.29 is 0 Å². The maximum atomic E-state index is 2.55. The predicted molar refractivity (Wildman–Crippen MR) is 269 cm³/mol. The largest absolute Gasteiger partial charge is 0.309 e. The summed E-state index contributed by atoms with van der Waals surface area (Å²) in [5.41, 5.74) is 23.7. The first-order valence-corrected chi connectivity index (χ1v) is 23.2. The molecule has 0 aliphatic heterocycles. The Morgan fingerprint density at radius 1 is 0.387 bits per heavy atom. The first-order valence-electron chi connectivity index (χ1n) is 23.2. The predicted octanol–water partition coefficient (Wildman–Crippen LogP) is 17.2. The van der Waals surface area contributed by atoms with Gasteiger partial charge in [0.2, 0.25) is 0 Å². The third kappa shape index (κ3) is 7.59. The van der Waals surface area contributed by atoms with Crippen molar-refractivity contribution in [3.8, 4) is 11.1 Å². The topological polar surface area (TPSA) is 6.48 Å². The molecule has 0 spiro atoms. The quantitative estimate of drug-likeness (QED) is 0.121. The van der Waals surface area contributed by atoms with Gasteiger partial charge in [0.05, 0.1) is 22.7 Å². The number of unbranched alkanes of at least 4 members (excludes halogenated alkanes) is 2. The molecule has 1 aliphatic rings. The Labute approximate surface area is 370 Å². The number of anilines is 6. The van der Waals surface area contributed by atoms with E-state index >= 15 is 0 Å². The molecule has 8 aromatic carbocycles. The van der Waals surface area contributed by atoms with Gasteiger partial charge in [0.15, 0.2) is 0 Å². The molecule has 2 nitrogen and oxygen atoms in total. The van der Waals surface area contributed by atoms with Crippen molar-refractivity contribution in [2.24, 2.45) is 0 Å². The van der Waals surface area contributed by atoms with E-state index < -0.39 is 0 Å². The Balaban J connectivity index is 1.17. The van der Waals surface area contributed by atoms with Crippen LogP contribution in [0.15, 0.2) is 133 Å². The summed E-state index contributed by atoms with van der Waals surface area (Å²) in [4.78, 5) is 5.10. The van der Waals surface area contributed by atoms with Crippen LogP contribution in [0.25, 0.3) is 32.7 Å². The van der Waals surface area contributed by atoms with Gasteiger partial charge >= 0.3 is 0 Å². The Kier molecular flexibility index (Phi) is 11.5. The lowest BCUT2D eigenvalue weighted by Gasteiger charge is -2.33. The van der Waals surface area contributed by atoms with Crippen molar-refractivity contribution >= 4 is 55.7 Å². The van der Waals surface area contributed by atoms with Crippen LogP contribution in [0.1, 0.15) is 95.2 Å². The summed E-state index contributed by atoms with van der Waals surface area (Å²) >= 11 is 0. The lowest BCUT2D eigenvalue weighted by Crippen LogP contribution is -2.16. The van der Waals surface area contributed by atoms with E-state index in [1.54, 1.807) is 0 Å². The van der Waals surface area contributed by atoms with Gasteiger partial charge in [-0.05, 0) is 194 Å². The molecule has 0 fully saturated rings. The van der Waals surface area contributed by atoms with E-state index in [0.717, 1.165) is 25.7 Å². The minimum absolute atomic E-state index is 0.994. The Morgan fingerprint density at radius 3 is 1.13 bits per heavy atom. The highest BCUT2D eigenvalue weighted by molar-refractivity contribution is 6.03. The van der Waals surface area contributed by atoms with Gasteiger partial charge in [-0.3, -0.25) is 0 Å². The van der Waals surface area contributed by atoms with Crippen LogP contribution < -0.4 is 9.80 Å². The molecule has 9 rings (SSSR count). The number of aryl methyl sites for hydroxylation is 10. The van der Waals surface area contributed by atoms with Gasteiger partial charge in [-0.25, -0.2) is 0 Å². The SMILES string of the molecule is CCCCc1cc(C)c(N(c2ccc3c(c2)CCc2cc(N(c4c(C)cc(CCCC)cc4C)c4ccc(C)c5ccccc45)ccc2-3)c2ccc(C)c3ccccc23)c(C)c1. The Morgan fingerprint density at radius 2 is 0.758 bits per heavy atom. The van der Waals surface area contributed by atoms with Crippen molar-refractivity contribution in [1.29, 1.82) is 0 Å². The molecule has 0 N–H and O–H groups in total. The number of fused-ring (bicyclic) bond motifs is 5. The molecule has 0 amide bonds. The monoisotopic (exact) mass is 810 g/mol. The van der Waals surface area contributed by atoms with E-state index in [0.29, 0.717) is 0 Å². The molecule has 0 atom stereocenters. The van der Waals surface area contributed by atoms with E-state index in [9.17, 15) is 0 Å². The molecule has 1 aliphatic carbocycles. The normalized spacial score (nSPS) is 12.1. The Hall–Kier alpha value is -6.12. The number of rotatable bonds is 12. The van der Waals surface area contributed by atoms with Crippen LogP contribution in [0.4, 0.5) is 34.1 Å². The molecule has 2 heteroatoms.